The molecule has 10 nitrogen and oxygen atoms in total. The van der Waals surface area contributed by atoms with Crippen molar-refractivity contribution in [2.75, 3.05) is 6.61 Å². The van der Waals surface area contributed by atoms with E-state index in [1.807, 2.05) is 26.0 Å². The molecule has 0 aromatic carbocycles. The second-order valence-electron chi connectivity index (χ2n) is 12.5. The topological polar surface area (TPSA) is 136 Å². The molecule has 2 amide bonds. The number of epoxide rings is 1. The first-order chi connectivity index (χ1) is 19.9. The van der Waals surface area contributed by atoms with Gasteiger partial charge in [-0.2, -0.15) is 0 Å². The summed E-state index contributed by atoms with van der Waals surface area (Å²) in [5, 5.41) is 17.0. The standard InChI is InChI=1S/C32H48N2O8/c1-19(9-12-27-20(2)15-26(22(4)41-27)34-29(36)14-11-21(3)40-23(5)35)10-13-28-31(38)32(18-39-32)17-25(42-28)16-30(37)33-24-7-6-8-24/h9-11,13-14,20-22,24-28,31,38H,6-8,12,15-18H2,1-5H3,(H,33,37)(H,34,36)/b13-10+,14-11-,19-9+/t20?,21?,22?,25-,26?,27?,28?,31-,32?/m1/s1. The van der Waals surface area contributed by atoms with E-state index in [9.17, 15) is 19.5 Å². The monoisotopic (exact) mass is 588 g/mol. The molecule has 9 atom stereocenters. The van der Waals surface area contributed by atoms with Crippen LogP contribution < -0.4 is 10.6 Å². The molecule has 10 heteroatoms. The fraction of sp³-hybridized carbons (Fsp3) is 0.719. The molecule has 0 radical (unpaired) electrons. The summed E-state index contributed by atoms with van der Waals surface area (Å²) in [4.78, 5) is 35.9. The highest BCUT2D eigenvalue weighted by Gasteiger charge is 2.58. The Hall–Kier alpha value is -2.53. The van der Waals surface area contributed by atoms with Gasteiger partial charge in [0.15, 0.2) is 0 Å². The van der Waals surface area contributed by atoms with Gasteiger partial charge in [0, 0.05) is 25.5 Å². The van der Waals surface area contributed by atoms with E-state index in [1.165, 1.54) is 13.0 Å². The number of nitrogens with one attached hydrogen (secondary N) is 2. The summed E-state index contributed by atoms with van der Waals surface area (Å²) in [5.74, 6) is -0.409. The van der Waals surface area contributed by atoms with Gasteiger partial charge in [-0.3, -0.25) is 14.4 Å². The first-order valence-electron chi connectivity index (χ1n) is 15.4. The van der Waals surface area contributed by atoms with Crippen LogP contribution in [-0.2, 0) is 33.3 Å². The van der Waals surface area contributed by atoms with Crippen LogP contribution in [0.4, 0.5) is 0 Å². The van der Waals surface area contributed by atoms with Crippen LogP contribution >= 0.6 is 0 Å². The van der Waals surface area contributed by atoms with Crippen LogP contribution in [0, 0.1) is 5.92 Å². The van der Waals surface area contributed by atoms with Crippen molar-refractivity contribution < 1.29 is 38.4 Å². The fourth-order valence-corrected chi connectivity index (χ4v) is 5.93. The van der Waals surface area contributed by atoms with Gasteiger partial charge in [-0.15, -0.1) is 0 Å². The molecule has 4 aliphatic rings. The second-order valence-corrected chi connectivity index (χ2v) is 12.5. The largest absolute Gasteiger partial charge is 0.459 e. The third kappa shape index (κ3) is 8.99. The van der Waals surface area contributed by atoms with E-state index in [0.29, 0.717) is 19.4 Å². The highest BCUT2D eigenvalue weighted by atomic mass is 16.6. The third-order valence-electron chi connectivity index (χ3n) is 8.81. The number of carbonyl (C=O) groups excluding carboxylic acids is 3. The zero-order valence-electron chi connectivity index (χ0n) is 25.5. The van der Waals surface area contributed by atoms with E-state index < -0.39 is 29.9 Å². The van der Waals surface area contributed by atoms with Crippen LogP contribution in [-0.4, -0.2) is 83.8 Å². The summed E-state index contributed by atoms with van der Waals surface area (Å²) >= 11 is 0. The number of aliphatic hydroxyl groups is 1. The van der Waals surface area contributed by atoms with Crippen molar-refractivity contribution in [3.05, 3.63) is 36.0 Å². The van der Waals surface area contributed by atoms with Crippen molar-refractivity contribution in [2.24, 2.45) is 5.92 Å². The number of allylic oxidation sites excluding steroid dienone is 2. The number of rotatable bonds is 11. The second kappa shape index (κ2) is 14.3. The van der Waals surface area contributed by atoms with Crippen LogP contribution in [0.3, 0.4) is 0 Å². The zero-order valence-corrected chi connectivity index (χ0v) is 25.5. The van der Waals surface area contributed by atoms with Crippen LogP contribution in [0.5, 0.6) is 0 Å². The quantitative estimate of drug-likeness (QED) is 0.145. The summed E-state index contributed by atoms with van der Waals surface area (Å²) in [6, 6.07) is 0.170. The molecule has 4 fully saturated rings. The van der Waals surface area contributed by atoms with Crippen molar-refractivity contribution >= 4 is 17.8 Å². The molecule has 0 aromatic rings. The van der Waals surface area contributed by atoms with Gasteiger partial charge in [0.25, 0.3) is 0 Å². The van der Waals surface area contributed by atoms with Crippen molar-refractivity contribution in [1.29, 1.82) is 0 Å². The molecule has 4 rings (SSSR count). The minimum absolute atomic E-state index is 0.00124. The third-order valence-corrected chi connectivity index (χ3v) is 8.81. The number of amides is 2. The Labute approximate surface area is 249 Å². The maximum absolute atomic E-state index is 12.5. The van der Waals surface area contributed by atoms with Crippen molar-refractivity contribution in [3.8, 4) is 0 Å². The summed E-state index contributed by atoms with van der Waals surface area (Å²) in [6.45, 7) is 9.60. The Kier molecular flexibility index (Phi) is 11.0. The lowest BCUT2D eigenvalue weighted by Gasteiger charge is -2.39. The number of carbonyl (C=O) groups is 3. The molecule has 0 bridgehead atoms. The summed E-state index contributed by atoms with van der Waals surface area (Å²) in [5.41, 5.74) is 0.406. The van der Waals surface area contributed by atoms with Gasteiger partial charge >= 0.3 is 5.97 Å². The Morgan fingerprint density at radius 2 is 1.86 bits per heavy atom. The van der Waals surface area contributed by atoms with E-state index >= 15 is 0 Å². The van der Waals surface area contributed by atoms with Crippen LogP contribution in [0.15, 0.2) is 36.0 Å². The Balaban J connectivity index is 1.25. The number of esters is 1. The van der Waals surface area contributed by atoms with Crippen LogP contribution in [0.2, 0.25) is 0 Å². The van der Waals surface area contributed by atoms with Crippen molar-refractivity contribution in [1.82, 2.24) is 10.6 Å². The molecule has 1 spiro atoms. The minimum atomic E-state index is -0.776. The maximum atomic E-state index is 12.5. The molecule has 7 unspecified atom stereocenters. The molecule has 3 N–H and O–H groups in total. The highest BCUT2D eigenvalue weighted by molar-refractivity contribution is 5.87. The number of hydrogen-bond acceptors (Lipinski definition) is 8. The van der Waals surface area contributed by atoms with Gasteiger partial charge in [-0.25, -0.2) is 0 Å². The molecule has 42 heavy (non-hydrogen) atoms. The fourth-order valence-electron chi connectivity index (χ4n) is 5.93. The van der Waals surface area contributed by atoms with Crippen LogP contribution in [0.25, 0.3) is 0 Å². The molecular formula is C32H48N2O8. The Bertz CT molecular complexity index is 1060. The first kappa shape index (κ1) is 32.4. The number of aliphatic hydroxyl groups excluding tert-OH is 1. The average Bonchev–Trinajstić information content (AvgIpc) is 3.67. The van der Waals surface area contributed by atoms with Gasteiger partial charge in [-0.1, -0.05) is 30.7 Å². The molecule has 0 aromatic heterocycles. The van der Waals surface area contributed by atoms with Gasteiger partial charge in [0.1, 0.15) is 23.9 Å². The SMILES string of the molecule is CC(=O)OC(C)/C=C\C(=O)NC1CC(C)C(C/C=C(C)/C=C/C2O[C@H](CC(=O)NC3CCC3)CC3(CO3)[C@@H]2O)OC1C. The van der Waals surface area contributed by atoms with Gasteiger partial charge < -0.3 is 34.7 Å². The summed E-state index contributed by atoms with van der Waals surface area (Å²) < 4.78 is 23.1. The molecule has 1 aliphatic carbocycles. The number of ether oxygens (including phenoxy) is 4. The molecule has 234 valence electrons. The van der Waals surface area contributed by atoms with Crippen molar-refractivity contribution in [2.45, 2.75) is 134 Å². The molecule has 3 saturated heterocycles. The lowest BCUT2D eigenvalue weighted by atomic mass is 9.87. The molecule has 3 heterocycles. The van der Waals surface area contributed by atoms with Gasteiger partial charge in [0.05, 0.1) is 37.4 Å². The first-order valence-corrected chi connectivity index (χ1v) is 15.4. The maximum Gasteiger partial charge on any atom is 0.303 e. The average molecular weight is 589 g/mol. The molecule has 3 aliphatic heterocycles. The van der Waals surface area contributed by atoms with E-state index in [4.69, 9.17) is 18.9 Å². The van der Waals surface area contributed by atoms with E-state index in [2.05, 4.69) is 23.6 Å². The summed E-state index contributed by atoms with van der Waals surface area (Å²) in [6.07, 6.45) is 12.2. The molecule has 1 saturated carbocycles. The Morgan fingerprint density at radius 1 is 1.12 bits per heavy atom. The lowest BCUT2D eigenvalue weighted by molar-refractivity contribution is -0.146. The minimum Gasteiger partial charge on any atom is -0.459 e. The normalized spacial score (nSPS) is 36.0. The van der Waals surface area contributed by atoms with E-state index in [-0.39, 0.29) is 54.5 Å². The number of hydrogen-bond donors (Lipinski definition) is 3. The Morgan fingerprint density at radius 3 is 2.50 bits per heavy atom. The van der Waals surface area contributed by atoms with Gasteiger partial charge in [-0.05, 0) is 64.9 Å². The molecular weight excluding hydrogens is 540 g/mol. The van der Waals surface area contributed by atoms with E-state index in [0.717, 1.165) is 31.3 Å². The highest BCUT2D eigenvalue weighted by Crippen LogP contribution is 2.43. The van der Waals surface area contributed by atoms with E-state index in [1.54, 1.807) is 13.0 Å². The lowest BCUT2D eigenvalue weighted by Crippen LogP contribution is -2.51. The summed E-state index contributed by atoms with van der Waals surface area (Å²) in [7, 11) is 0. The predicted octanol–water partition coefficient (Wildman–Crippen LogP) is 3.03. The predicted molar refractivity (Wildman–Crippen MR) is 156 cm³/mol. The van der Waals surface area contributed by atoms with Gasteiger partial charge in [0.2, 0.25) is 11.8 Å². The van der Waals surface area contributed by atoms with Crippen molar-refractivity contribution in [3.63, 3.8) is 0 Å². The zero-order chi connectivity index (χ0) is 30.4. The smallest absolute Gasteiger partial charge is 0.303 e. The van der Waals surface area contributed by atoms with Crippen LogP contribution in [0.1, 0.15) is 79.6 Å².